The van der Waals surface area contributed by atoms with Crippen LogP contribution in [0, 0.1) is 17.0 Å². The molecule has 0 saturated carbocycles. The number of nitro benzene ring substituents is 1. The number of amides is 1. The Morgan fingerprint density at radius 1 is 1.13 bits per heavy atom. The van der Waals surface area contributed by atoms with Crippen molar-refractivity contribution in [1.29, 1.82) is 0 Å². The average molecular weight is 414 g/mol. The van der Waals surface area contributed by atoms with Crippen LogP contribution in [0.4, 0.5) is 5.69 Å². The first-order valence-corrected chi connectivity index (χ1v) is 9.28. The second-order valence-corrected chi connectivity index (χ2v) is 6.85. The quantitative estimate of drug-likeness (QED) is 0.406. The van der Waals surface area contributed by atoms with E-state index in [-0.39, 0.29) is 17.2 Å². The van der Waals surface area contributed by atoms with E-state index >= 15 is 0 Å². The Morgan fingerprint density at radius 3 is 2.43 bits per heavy atom. The van der Waals surface area contributed by atoms with Crippen LogP contribution in [0.1, 0.15) is 27.0 Å². The summed E-state index contributed by atoms with van der Waals surface area (Å²) in [5.74, 6) is -0.0740. The molecule has 9 heteroatoms. The number of rotatable bonds is 6. The molecule has 0 fully saturated rings. The molecule has 0 radical (unpaired) electrons. The van der Waals surface area contributed by atoms with Gasteiger partial charge in [0.05, 0.1) is 19.1 Å². The number of fused-ring (bicyclic) bond motifs is 1. The molecule has 0 saturated heterocycles. The molecule has 0 spiro atoms. The highest BCUT2D eigenvalue weighted by molar-refractivity contribution is 5.95. The predicted molar refractivity (Wildman–Crippen MR) is 107 cm³/mol. The summed E-state index contributed by atoms with van der Waals surface area (Å²) in [6, 6.07) is 8.11. The third-order valence-corrected chi connectivity index (χ3v) is 5.04. The fourth-order valence-corrected chi connectivity index (χ4v) is 3.46. The van der Waals surface area contributed by atoms with Crippen LogP contribution in [-0.2, 0) is 22.5 Å². The number of esters is 1. The van der Waals surface area contributed by atoms with Crippen molar-refractivity contribution in [3.8, 4) is 11.5 Å². The number of benzene rings is 2. The van der Waals surface area contributed by atoms with E-state index in [1.807, 2.05) is 12.1 Å². The topological polar surface area (TPSA) is 108 Å². The Hall–Kier alpha value is -3.62. The van der Waals surface area contributed by atoms with Crippen LogP contribution < -0.4 is 9.47 Å². The van der Waals surface area contributed by atoms with Crippen molar-refractivity contribution in [2.45, 2.75) is 19.9 Å². The van der Waals surface area contributed by atoms with Crippen molar-refractivity contribution in [1.82, 2.24) is 4.90 Å². The molecular weight excluding hydrogens is 392 g/mol. The molecule has 1 heterocycles. The molecule has 3 rings (SSSR count). The second-order valence-electron chi connectivity index (χ2n) is 6.85. The Morgan fingerprint density at radius 2 is 1.80 bits per heavy atom. The highest BCUT2D eigenvalue weighted by atomic mass is 16.6. The number of hydrogen-bond donors (Lipinski definition) is 0. The smallest absolute Gasteiger partial charge is 0.345 e. The summed E-state index contributed by atoms with van der Waals surface area (Å²) in [5, 5.41) is 11.3. The van der Waals surface area contributed by atoms with Crippen molar-refractivity contribution >= 4 is 17.6 Å². The first kappa shape index (κ1) is 21.1. The number of methoxy groups -OCH3 is 2. The van der Waals surface area contributed by atoms with Crippen LogP contribution in [0.15, 0.2) is 30.3 Å². The summed E-state index contributed by atoms with van der Waals surface area (Å²) < 4.78 is 15.7. The van der Waals surface area contributed by atoms with Crippen molar-refractivity contribution in [3.05, 3.63) is 62.7 Å². The lowest BCUT2D eigenvalue weighted by molar-refractivity contribution is -0.385. The van der Waals surface area contributed by atoms with Gasteiger partial charge in [0.1, 0.15) is 5.56 Å². The van der Waals surface area contributed by atoms with Crippen LogP contribution in [0.5, 0.6) is 11.5 Å². The number of carbonyl (C=O) groups is 2. The lowest BCUT2D eigenvalue weighted by Crippen LogP contribution is -2.38. The van der Waals surface area contributed by atoms with Gasteiger partial charge in [-0.3, -0.25) is 14.9 Å². The van der Waals surface area contributed by atoms with Gasteiger partial charge in [0.2, 0.25) is 0 Å². The Labute approximate surface area is 173 Å². The first-order valence-electron chi connectivity index (χ1n) is 9.28. The highest BCUT2D eigenvalue weighted by Crippen LogP contribution is 2.33. The van der Waals surface area contributed by atoms with Gasteiger partial charge < -0.3 is 19.1 Å². The first-order chi connectivity index (χ1) is 14.3. The van der Waals surface area contributed by atoms with Gasteiger partial charge in [0, 0.05) is 18.7 Å². The fraction of sp³-hybridized carbons (Fsp3) is 0.333. The molecular formula is C21H22N2O7. The zero-order chi connectivity index (χ0) is 21.8. The molecule has 0 aliphatic carbocycles. The minimum Gasteiger partial charge on any atom is -0.493 e. The van der Waals surface area contributed by atoms with Crippen LogP contribution in [0.25, 0.3) is 0 Å². The van der Waals surface area contributed by atoms with Crippen molar-refractivity contribution in [3.63, 3.8) is 0 Å². The summed E-state index contributed by atoms with van der Waals surface area (Å²) >= 11 is 0. The lowest BCUT2D eigenvalue weighted by atomic mass is 9.99. The van der Waals surface area contributed by atoms with Crippen LogP contribution in [0.2, 0.25) is 0 Å². The van der Waals surface area contributed by atoms with Crippen molar-refractivity contribution < 1.29 is 28.7 Å². The molecule has 2 aromatic rings. The molecule has 158 valence electrons. The molecule has 0 atom stereocenters. The molecule has 2 aromatic carbocycles. The average Bonchev–Trinajstić information content (AvgIpc) is 2.75. The van der Waals surface area contributed by atoms with Gasteiger partial charge in [-0.05, 0) is 42.7 Å². The van der Waals surface area contributed by atoms with Crippen molar-refractivity contribution in [2.75, 3.05) is 27.4 Å². The van der Waals surface area contributed by atoms with Crippen LogP contribution >= 0.6 is 0 Å². The number of carbonyl (C=O) groups excluding carboxylic acids is 2. The maximum absolute atomic E-state index is 12.6. The molecule has 1 aliphatic rings. The van der Waals surface area contributed by atoms with E-state index in [1.54, 1.807) is 19.1 Å². The van der Waals surface area contributed by atoms with Gasteiger partial charge in [-0.15, -0.1) is 0 Å². The summed E-state index contributed by atoms with van der Waals surface area (Å²) in [6.07, 6.45) is 0.624. The molecule has 1 aliphatic heterocycles. The highest BCUT2D eigenvalue weighted by Gasteiger charge is 2.26. The molecule has 30 heavy (non-hydrogen) atoms. The summed E-state index contributed by atoms with van der Waals surface area (Å²) in [5.41, 5.74) is 1.84. The number of para-hydroxylation sites is 1. The van der Waals surface area contributed by atoms with Crippen LogP contribution in [0.3, 0.4) is 0 Å². The number of nitrogens with zero attached hydrogens (tertiary/aromatic N) is 2. The standard InChI is InChI=1S/C21H22N2O7/c1-13-5-4-6-16(20(13)23(26)27)21(25)30-12-19(24)22-8-7-14-9-17(28-2)18(29-3)10-15(14)11-22/h4-6,9-10H,7-8,11-12H2,1-3H3. The SMILES string of the molecule is COc1cc2c(cc1OC)CN(C(=O)COC(=O)c1cccc(C)c1[N+](=O)[O-])CC2. The predicted octanol–water partition coefficient (Wildman–Crippen LogP) is 2.66. The Bertz CT molecular complexity index is 1000. The van der Waals surface area contributed by atoms with E-state index in [0.29, 0.717) is 36.6 Å². The van der Waals surface area contributed by atoms with Gasteiger partial charge in [-0.2, -0.15) is 0 Å². The molecule has 9 nitrogen and oxygen atoms in total. The van der Waals surface area contributed by atoms with Gasteiger partial charge in [-0.1, -0.05) is 12.1 Å². The molecule has 0 N–H and O–H groups in total. The molecule has 1 amide bonds. The summed E-state index contributed by atoms with van der Waals surface area (Å²) in [7, 11) is 3.11. The Balaban J connectivity index is 1.68. The fourth-order valence-electron chi connectivity index (χ4n) is 3.46. The second kappa shape index (κ2) is 8.81. The lowest BCUT2D eigenvalue weighted by Gasteiger charge is -2.29. The van der Waals surface area contributed by atoms with Gasteiger partial charge in [0.15, 0.2) is 18.1 Å². The summed E-state index contributed by atoms with van der Waals surface area (Å²) in [4.78, 5) is 37.1. The Kier molecular flexibility index (Phi) is 6.20. The van der Waals surface area contributed by atoms with Gasteiger partial charge >= 0.3 is 5.97 Å². The monoisotopic (exact) mass is 414 g/mol. The van der Waals surface area contributed by atoms with E-state index in [9.17, 15) is 19.7 Å². The number of nitro groups is 1. The van der Waals surface area contributed by atoms with E-state index in [0.717, 1.165) is 11.1 Å². The summed E-state index contributed by atoms with van der Waals surface area (Å²) in [6.45, 7) is 1.85. The minimum absolute atomic E-state index is 0.173. The maximum Gasteiger partial charge on any atom is 0.345 e. The van der Waals surface area contributed by atoms with Crippen LogP contribution in [-0.4, -0.2) is 49.1 Å². The number of hydrogen-bond acceptors (Lipinski definition) is 7. The zero-order valence-corrected chi connectivity index (χ0v) is 17.0. The maximum atomic E-state index is 12.6. The third kappa shape index (κ3) is 4.19. The van der Waals surface area contributed by atoms with Gasteiger partial charge in [-0.25, -0.2) is 4.79 Å². The van der Waals surface area contributed by atoms with E-state index < -0.39 is 17.5 Å². The molecule has 0 bridgehead atoms. The largest absolute Gasteiger partial charge is 0.493 e. The normalized spacial score (nSPS) is 12.7. The molecule has 0 aromatic heterocycles. The molecule has 0 unspecified atom stereocenters. The van der Waals surface area contributed by atoms with E-state index in [4.69, 9.17) is 14.2 Å². The third-order valence-electron chi connectivity index (χ3n) is 5.04. The van der Waals surface area contributed by atoms with E-state index in [1.165, 1.54) is 25.1 Å². The van der Waals surface area contributed by atoms with E-state index in [2.05, 4.69) is 0 Å². The minimum atomic E-state index is -0.900. The zero-order valence-electron chi connectivity index (χ0n) is 17.0. The number of ether oxygens (including phenoxy) is 3. The van der Waals surface area contributed by atoms with Gasteiger partial charge in [0.25, 0.3) is 11.6 Å². The van der Waals surface area contributed by atoms with Crippen molar-refractivity contribution in [2.24, 2.45) is 0 Å². The number of aryl methyl sites for hydroxylation is 1.